The van der Waals surface area contributed by atoms with E-state index in [1.165, 1.54) is 16.7 Å². The molecule has 24 heavy (non-hydrogen) atoms. The van der Waals surface area contributed by atoms with E-state index in [9.17, 15) is 14.0 Å². The van der Waals surface area contributed by atoms with Gasteiger partial charge in [0, 0.05) is 12.0 Å². The van der Waals surface area contributed by atoms with Gasteiger partial charge in [0.15, 0.2) is 0 Å². The molecule has 1 aliphatic rings. The van der Waals surface area contributed by atoms with Crippen molar-refractivity contribution in [2.24, 2.45) is 0 Å². The maximum Gasteiger partial charge on any atom is 0.497 e. The van der Waals surface area contributed by atoms with E-state index in [-0.39, 0.29) is 12.0 Å². The van der Waals surface area contributed by atoms with Crippen LogP contribution in [0.25, 0.3) is 11.0 Å². The van der Waals surface area contributed by atoms with Gasteiger partial charge in [-0.05, 0) is 46.8 Å². The third kappa shape index (κ3) is 2.41. The average molecular weight is 334 g/mol. The molecular weight excluding hydrogens is 314 g/mol. The number of nitrogens with zero attached hydrogens (tertiary/aromatic N) is 1. The molecule has 1 aromatic heterocycles. The molecule has 0 bridgehead atoms. The Morgan fingerprint density at radius 3 is 2.29 bits per heavy atom. The Morgan fingerprint density at radius 2 is 1.75 bits per heavy atom. The van der Waals surface area contributed by atoms with E-state index < -0.39 is 35.3 Å². The summed E-state index contributed by atoms with van der Waals surface area (Å²) in [7, 11) is -0.884. The fourth-order valence-corrected chi connectivity index (χ4v) is 2.78. The lowest BCUT2D eigenvalue weighted by molar-refractivity contribution is 0.00578. The molecule has 2 aromatic rings. The molecule has 1 aliphatic heterocycles. The lowest BCUT2D eigenvalue weighted by atomic mass is 9.78. The van der Waals surface area contributed by atoms with Crippen molar-refractivity contribution in [2.75, 3.05) is 0 Å². The SMILES string of the molecule is CCn1c(=O)c(=O)[nH]c2cc(B3OC(C)(C)C(C)(C)O3)c(F)cc21. The Bertz CT molecular complexity index is 916. The van der Waals surface area contributed by atoms with E-state index in [1.54, 1.807) is 6.92 Å². The second kappa shape index (κ2) is 5.29. The first kappa shape index (κ1) is 16.9. The first-order valence-electron chi connectivity index (χ1n) is 7.89. The summed E-state index contributed by atoms with van der Waals surface area (Å²) in [4.78, 5) is 26.2. The highest BCUT2D eigenvalue weighted by atomic mass is 19.1. The summed E-state index contributed by atoms with van der Waals surface area (Å²) in [5.74, 6) is -0.547. The third-order valence-corrected chi connectivity index (χ3v) is 4.92. The Labute approximate surface area is 138 Å². The second-order valence-electron chi connectivity index (χ2n) is 6.98. The highest BCUT2D eigenvalue weighted by molar-refractivity contribution is 6.62. The summed E-state index contributed by atoms with van der Waals surface area (Å²) < 4.78 is 27.6. The van der Waals surface area contributed by atoms with Crippen LogP contribution in [0.15, 0.2) is 21.7 Å². The monoisotopic (exact) mass is 334 g/mol. The van der Waals surface area contributed by atoms with Crippen LogP contribution < -0.4 is 16.6 Å². The van der Waals surface area contributed by atoms with Gasteiger partial charge in [0.1, 0.15) is 5.82 Å². The molecule has 1 fully saturated rings. The molecule has 0 aliphatic carbocycles. The minimum atomic E-state index is -0.884. The van der Waals surface area contributed by atoms with Crippen molar-refractivity contribution in [1.29, 1.82) is 0 Å². The van der Waals surface area contributed by atoms with Crippen LogP contribution in [0.2, 0.25) is 0 Å². The zero-order valence-electron chi connectivity index (χ0n) is 14.4. The van der Waals surface area contributed by atoms with E-state index in [0.29, 0.717) is 11.0 Å². The van der Waals surface area contributed by atoms with Gasteiger partial charge in [0.25, 0.3) is 0 Å². The molecule has 8 heteroatoms. The highest BCUT2D eigenvalue weighted by Gasteiger charge is 2.52. The Hall–Kier alpha value is -1.93. The van der Waals surface area contributed by atoms with E-state index in [0.717, 1.165) is 0 Å². The van der Waals surface area contributed by atoms with E-state index in [2.05, 4.69) is 4.98 Å². The number of halogens is 1. The van der Waals surface area contributed by atoms with E-state index >= 15 is 0 Å². The predicted octanol–water partition coefficient (Wildman–Crippen LogP) is 1.15. The van der Waals surface area contributed by atoms with E-state index in [1.807, 2.05) is 27.7 Å². The molecule has 6 nitrogen and oxygen atoms in total. The number of aryl methyl sites for hydroxylation is 1. The molecule has 0 saturated carbocycles. The number of nitrogens with one attached hydrogen (secondary N) is 1. The van der Waals surface area contributed by atoms with Gasteiger partial charge in [-0.2, -0.15) is 0 Å². The maximum absolute atomic E-state index is 14.7. The Kier molecular flexibility index (Phi) is 3.73. The molecule has 128 valence electrons. The summed E-state index contributed by atoms with van der Waals surface area (Å²) in [5.41, 5.74) is -1.75. The van der Waals surface area contributed by atoms with Crippen LogP contribution in [-0.4, -0.2) is 27.9 Å². The molecule has 0 spiro atoms. The fraction of sp³-hybridized carbons (Fsp3) is 0.500. The van der Waals surface area contributed by atoms with Crippen molar-refractivity contribution in [1.82, 2.24) is 9.55 Å². The van der Waals surface area contributed by atoms with Crippen LogP contribution in [-0.2, 0) is 15.9 Å². The number of fused-ring (bicyclic) bond motifs is 1. The van der Waals surface area contributed by atoms with Gasteiger partial charge in [0.05, 0.1) is 22.2 Å². The number of benzene rings is 1. The van der Waals surface area contributed by atoms with Crippen LogP contribution in [0.5, 0.6) is 0 Å². The first-order chi connectivity index (χ1) is 11.1. The lowest BCUT2D eigenvalue weighted by Crippen LogP contribution is -2.41. The van der Waals surface area contributed by atoms with Crippen molar-refractivity contribution < 1.29 is 13.7 Å². The average Bonchev–Trinajstić information content (AvgIpc) is 2.69. The van der Waals surface area contributed by atoms with Crippen molar-refractivity contribution in [2.45, 2.75) is 52.4 Å². The fourth-order valence-electron chi connectivity index (χ4n) is 2.78. The van der Waals surface area contributed by atoms with Crippen molar-refractivity contribution in [3.8, 4) is 0 Å². The number of aromatic nitrogens is 2. The zero-order valence-corrected chi connectivity index (χ0v) is 14.4. The summed E-state index contributed by atoms with van der Waals surface area (Å²) >= 11 is 0. The number of hydrogen-bond donors (Lipinski definition) is 1. The third-order valence-electron chi connectivity index (χ3n) is 4.92. The molecule has 2 heterocycles. The topological polar surface area (TPSA) is 73.3 Å². The maximum atomic E-state index is 14.7. The molecule has 0 amide bonds. The van der Waals surface area contributed by atoms with Crippen LogP contribution in [0.4, 0.5) is 4.39 Å². The number of H-pyrrole nitrogens is 1. The first-order valence-corrected chi connectivity index (χ1v) is 7.89. The normalized spacial score (nSPS) is 19.2. The van der Waals surface area contributed by atoms with Gasteiger partial charge in [-0.15, -0.1) is 0 Å². The summed E-state index contributed by atoms with van der Waals surface area (Å²) in [6, 6.07) is 2.70. The molecule has 3 rings (SSSR count). The Balaban J connectivity index is 2.19. The van der Waals surface area contributed by atoms with Crippen molar-refractivity contribution in [3.63, 3.8) is 0 Å². The molecule has 1 saturated heterocycles. The van der Waals surface area contributed by atoms with Gasteiger partial charge in [-0.1, -0.05) is 0 Å². The molecule has 0 atom stereocenters. The van der Waals surface area contributed by atoms with Crippen LogP contribution in [0.3, 0.4) is 0 Å². The van der Waals surface area contributed by atoms with Gasteiger partial charge >= 0.3 is 18.2 Å². The predicted molar refractivity (Wildman–Crippen MR) is 90.2 cm³/mol. The minimum absolute atomic E-state index is 0.193. The standard InChI is InChI=1S/C16H20BFN2O4/c1-6-20-12-8-10(18)9(7-11(12)19-13(21)14(20)22)17-23-15(2,3)16(4,5)24-17/h7-8H,6H2,1-5H3,(H,19,21). The van der Waals surface area contributed by atoms with E-state index in [4.69, 9.17) is 9.31 Å². The molecular formula is C16H20BFN2O4. The molecule has 1 N–H and O–H groups in total. The number of hydrogen-bond acceptors (Lipinski definition) is 4. The number of aromatic amines is 1. The van der Waals surface area contributed by atoms with Crippen LogP contribution in [0, 0.1) is 5.82 Å². The zero-order chi connectivity index (χ0) is 17.9. The summed E-state index contributed by atoms with van der Waals surface area (Å²) in [5, 5.41) is 0. The largest absolute Gasteiger partial charge is 0.497 e. The van der Waals surface area contributed by atoms with Crippen molar-refractivity contribution >= 4 is 23.6 Å². The smallest absolute Gasteiger partial charge is 0.399 e. The summed E-state index contributed by atoms with van der Waals surface area (Å²) in [6.07, 6.45) is 0. The quantitative estimate of drug-likeness (QED) is 0.660. The molecule has 0 unspecified atom stereocenters. The molecule has 0 radical (unpaired) electrons. The lowest BCUT2D eigenvalue weighted by Gasteiger charge is -2.32. The Morgan fingerprint density at radius 1 is 1.17 bits per heavy atom. The second-order valence-corrected chi connectivity index (χ2v) is 6.98. The van der Waals surface area contributed by atoms with Gasteiger partial charge in [-0.3, -0.25) is 9.59 Å². The van der Waals surface area contributed by atoms with Crippen LogP contribution in [0.1, 0.15) is 34.6 Å². The highest BCUT2D eigenvalue weighted by Crippen LogP contribution is 2.36. The van der Waals surface area contributed by atoms with Gasteiger partial charge in [-0.25, -0.2) is 4.39 Å². The minimum Gasteiger partial charge on any atom is -0.399 e. The van der Waals surface area contributed by atoms with Gasteiger partial charge in [0.2, 0.25) is 0 Å². The number of rotatable bonds is 2. The molecule has 1 aromatic carbocycles. The van der Waals surface area contributed by atoms with Crippen molar-refractivity contribution in [3.05, 3.63) is 38.7 Å². The van der Waals surface area contributed by atoms with Gasteiger partial charge < -0.3 is 18.9 Å². The summed E-state index contributed by atoms with van der Waals surface area (Å²) in [6.45, 7) is 9.51. The van der Waals surface area contributed by atoms with Crippen LogP contribution >= 0.6 is 0 Å².